The van der Waals surface area contributed by atoms with Crippen LogP contribution in [0.5, 0.6) is 0 Å². The second-order valence-electron chi connectivity index (χ2n) is 4.65. The number of nitrogens with zero attached hydrogens (tertiary/aromatic N) is 3. The second kappa shape index (κ2) is 6.96. The maximum absolute atomic E-state index is 6.01. The lowest BCUT2D eigenvalue weighted by molar-refractivity contribution is 0.817. The number of hydrogen-bond acceptors (Lipinski definition) is 4. The maximum atomic E-state index is 6.01. The Bertz CT molecular complexity index is 607. The predicted molar refractivity (Wildman–Crippen MR) is 90.1 cm³/mol. The minimum absolute atomic E-state index is 0.583. The molecule has 0 bridgehead atoms. The van der Waals surface area contributed by atoms with E-state index >= 15 is 0 Å². The molecule has 1 N–H and O–H groups in total. The molecule has 0 aliphatic heterocycles. The zero-order chi connectivity index (χ0) is 15.4. The van der Waals surface area contributed by atoms with Gasteiger partial charge in [0.05, 0.1) is 0 Å². The van der Waals surface area contributed by atoms with E-state index in [2.05, 4.69) is 34.0 Å². The Morgan fingerprint density at radius 2 is 1.62 bits per heavy atom. The van der Waals surface area contributed by atoms with Crippen molar-refractivity contribution in [2.75, 3.05) is 23.3 Å². The molecular formula is C15H18Cl2N4. The second-order valence-corrected chi connectivity index (χ2v) is 5.52. The molecular weight excluding hydrogens is 307 g/mol. The first-order valence-corrected chi connectivity index (χ1v) is 7.61. The van der Waals surface area contributed by atoms with Gasteiger partial charge in [0.1, 0.15) is 5.82 Å². The average molecular weight is 325 g/mol. The lowest BCUT2D eigenvalue weighted by Crippen LogP contribution is -2.24. The molecule has 0 aliphatic rings. The molecule has 2 rings (SSSR count). The van der Waals surface area contributed by atoms with E-state index in [0.29, 0.717) is 10.0 Å². The number of aryl methyl sites for hydroxylation is 1. The van der Waals surface area contributed by atoms with Gasteiger partial charge in [0.15, 0.2) is 0 Å². The van der Waals surface area contributed by atoms with Crippen molar-refractivity contribution in [1.29, 1.82) is 0 Å². The molecule has 0 saturated carbocycles. The zero-order valence-corrected chi connectivity index (χ0v) is 13.8. The molecule has 1 heterocycles. The highest BCUT2D eigenvalue weighted by atomic mass is 35.5. The molecule has 0 radical (unpaired) electrons. The normalized spacial score (nSPS) is 10.5. The fraction of sp³-hybridized carbons (Fsp3) is 0.333. The molecule has 0 amide bonds. The smallest absolute Gasteiger partial charge is 0.227 e. The highest BCUT2D eigenvalue weighted by molar-refractivity contribution is 6.35. The standard InChI is InChI=1S/C15H18Cl2N4/c1-4-21(5-2)15-18-10(3)6-14(20-15)19-13-8-11(16)7-12(17)9-13/h6-9H,4-5H2,1-3H3,(H,18,19,20). The van der Waals surface area contributed by atoms with Gasteiger partial charge < -0.3 is 10.2 Å². The van der Waals surface area contributed by atoms with Gasteiger partial charge in [-0.1, -0.05) is 23.2 Å². The van der Waals surface area contributed by atoms with Gasteiger partial charge in [-0.25, -0.2) is 4.98 Å². The van der Waals surface area contributed by atoms with Crippen molar-refractivity contribution in [1.82, 2.24) is 9.97 Å². The molecule has 0 unspecified atom stereocenters. The average Bonchev–Trinajstić information content (AvgIpc) is 2.38. The highest BCUT2D eigenvalue weighted by Crippen LogP contribution is 2.25. The van der Waals surface area contributed by atoms with E-state index in [-0.39, 0.29) is 0 Å². The summed E-state index contributed by atoms with van der Waals surface area (Å²) in [5.74, 6) is 1.44. The molecule has 6 heteroatoms. The molecule has 112 valence electrons. The van der Waals surface area contributed by atoms with Gasteiger partial charge in [-0.2, -0.15) is 4.98 Å². The molecule has 1 aromatic carbocycles. The van der Waals surface area contributed by atoms with Crippen LogP contribution in [0.3, 0.4) is 0 Å². The van der Waals surface area contributed by atoms with Crippen LogP contribution in [-0.2, 0) is 0 Å². The Hall–Kier alpha value is -1.52. The quantitative estimate of drug-likeness (QED) is 0.866. The van der Waals surface area contributed by atoms with Crippen LogP contribution < -0.4 is 10.2 Å². The van der Waals surface area contributed by atoms with Crippen LogP contribution >= 0.6 is 23.2 Å². The van der Waals surface area contributed by atoms with Crippen LogP contribution in [0, 0.1) is 6.92 Å². The molecule has 0 saturated heterocycles. The predicted octanol–water partition coefficient (Wildman–Crippen LogP) is 4.68. The first-order chi connectivity index (χ1) is 10.0. The van der Waals surface area contributed by atoms with Gasteiger partial charge in [-0.15, -0.1) is 0 Å². The van der Waals surface area contributed by atoms with Crippen LogP contribution in [-0.4, -0.2) is 23.1 Å². The summed E-state index contributed by atoms with van der Waals surface area (Å²) in [7, 11) is 0. The summed E-state index contributed by atoms with van der Waals surface area (Å²) in [6.45, 7) is 7.84. The Morgan fingerprint density at radius 3 is 2.19 bits per heavy atom. The minimum Gasteiger partial charge on any atom is -0.341 e. The van der Waals surface area contributed by atoms with Crippen molar-refractivity contribution in [2.45, 2.75) is 20.8 Å². The summed E-state index contributed by atoms with van der Waals surface area (Å²) in [6.07, 6.45) is 0. The lowest BCUT2D eigenvalue weighted by atomic mass is 10.3. The van der Waals surface area contributed by atoms with Gasteiger partial charge >= 0.3 is 0 Å². The molecule has 0 fully saturated rings. The van der Waals surface area contributed by atoms with Gasteiger partial charge in [0.25, 0.3) is 0 Å². The molecule has 4 nitrogen and oxygen atoms in total. The third-order valence-electron chi connectivity index (χ3n) is 3.02. The third kappa shape index (κ3) is 4.22. The number of benzene rings is 1. The lowest BCUT2D eigenvalue weighted by Gasteiger charge is -2.19. The third-order valence-corrected chi connectivity index (χ3v) is 3.46. The fourth-order valence-electron chi connectivity index (χ4n) is 2.04. The van der Waals surface area contributed by atoms with E-state index in [1.165, 1.54) is 0 Å². The van der Waals surface area contributed by atoms with E-state index < -0.39 is 0 Å². The van der Waals surface area contributed by atoms with Gasteiger partial charge in [0, 0.05) is 40.6 Å². The number of halogens is 2. The Kier molecular flexibility index (Phi) is 5.26. The van der Waals surface area contributed by atoms with Crippen molar-refractivity contribution >= 4 is 40.7 Å². The summed E-state index contributed by atoms with van der Waals surface area (Å²) >= 11 is 12.0. The summed E-state index contributed by atoms with van der Waals surface area (Å²) in [5.41, 5.74) is 1.71. The first kappa shape index (κ1) is 15.9. The van der Waals surface area contributed by atoms with E-state index in [0.717, 1.165) is 36.2 Å². The number of rotatable bonds is 5. The van der Waals surface area contributed by atoms with Crippen LogP contribution in [0.4, 0.5) is 17.5 Å². The summed E-state index contributed by atoms with van der Waals surface area (Å²) in [6, 6.07) is 7.20. The number of hydrogen-bond donors (Lipinski definition) is 1. The fourth-order valence-corrected chi connectivity index (χ4v) is 2.56. The first-order valence-electron chi connectivity index (χ1n) is 6.85. The molecule has 0 aliphatic carbocycles. The Labute approximate surface area is 135 Å². The monoisotopic (exact) mass is 324 g/mol. The highest BCUT2D eigenvalue weighted by Gasteiger charge is 2.08. The molecule has 1 aromatic heterocycles. The molecule has 0 atom stereocenters. The van der Waals surface area contributed by atoms with Crippen molar-refractivity contribution in [3.8, 4) is 0 Å². The maximum Gasteiger partial charge on any atom is 0.227 e. The van der Waals surface area contributed by atoms with Crippen LogP contribution in [0.1, 0.15) is 19.5 Å². The topological polar surface area (TPSA) is 41.1 Å². The van der Waals surface area contributed by atoms with E-state index in [1.54, 1.807) is 6.07 Å². The molecule has 0 spiro atoms. The van der Waals surface area contributed by atoms with Crippen LogP contribution in [0.15, 0.2) is 24.3 Å². The largest absolute Gasteiger partial charge is 0.341 e. The van der Waals surface area contributed by atoms with E-state index in [9.17, 15) is 0 Å². The molecule has 2 aromatic rings. The summed E-state index contributed by atoms with van der Waals surface area (Å²) < 4.78 is 0. The Balaban J connectivity index is 2.31. The SMILES string of the molecule is CCN(CC)c1nc(C)cc(Nc2cc(Cl)cc(Cl)c2)n1. The number of anilines is 3. The van der Waals surface area contributed by atoms with E-state index in [1.807, 2.05) is 25.1 Å². The van der Waals surface area contributed by atoms with Crippen molar-refractivity contribution in [3.05, 3.63) is 40.0 Å². The van der Waals surface area contributed by atoms with Crippen molar-refractivity contribution < 1.29 is 0 Å². The van der Waals surface area contributed by atoms with Crippen molar-refractivity contribution in [2.24, 2.45) is 0 Å². The van der Waals surface area contributed by atoms with Gasteiger partial charge in [0.2, 0.25) is 5.95 Å². The van der Waals surface area contributed by atoms with Crippen LogP contribution in [0.25, 0.3) is 0 Å². The minimum atomic E-state index is 0.583. The number of aromatic nitrogens is 2. The summed E-state index contributed by atoms with van der Waals surface area (Å²) in [5, 5.41) is 4.39. The number of nitrogens with one attached hydrogen (secondary N) is 1. The van der Waals surface area contributed by atoms with Gasteiger partial charge in [-0.3, -0.25) is 0 Å². The van der Waals surface area contributed by atoms with Gasteiger partial charge in [-0.05, 0) is 39.0 Å². The van der Waals surface area contributed by atoms with E-state index in [4.69, 9.17) is 23.2 Å². The summed E-state index contributed by atoms with van der Waals surface area (Å²) in [4.78, 5) is 11.1. The Morgan fingerprint density at radius 1 is 1.00 bits per heavy atom. The zero-order valence-electron chi connectivity index (χ0n) is 12.3. The van der Waals surface area contributed by atoms with Crippen LogP contribution in [0.2, 0.25) is 10.0 Å². The molecule has 21 heavy (non-hydrogen) atoms. The van der Waals surface area contributed by atoms with Crippen molar-refractivity contribution in [3.63, 3.8) is 0 Å².